The number of aryl methyl sites for hydroxylation is 3. The smallest absolute Gasteiger partial charge is 0.191 e. The lowest BCUT2D eigenvalue weighted by Crippen LogP contribution is -2.38. The van der Waals surface area contributed by atoms with Crippen molar-refractivity contribution in [3.63, 3.8) is 0 Å². The maximum Gasteiger partial charge on any atom is 0.191 e. The molecule has 0 aromatic carbocycles. The Morgan fingerprint density at radius 3 is 2.83 bits per heavy atom. The molecule has 5 nitrogen and oxygen atoms in total. The van der Waals surface area contributed by atoms with E-state index in [1.54, 1.807) is 7.05 Å². The van der Waals surface area contributed by atoms with E-state index >= 15 is 0 Å². The van der Waals surface area contributed by atoms with Gasteiger partial charge in [0, 0.05) is 32.4 Å². The Hall–Kier alpha value is -1.78. The van der Waals surface area contributed by atoms with Crippen LogP contribution in [0.5, 0.6) is 0 Å². The molecular formula is C13H23N5. The maximum atomic E-state index is 4.43. The first-order chi connectivity index (χ1) is 8.67. The fraction of sp³-hybridized carbons (Fsp3) is 0.538. The zero-order valence-corrected chi connectivity index (χ0v) is 11.5. The summed E-state index contributed by atoms with van der Waals surface area (Å²) in [6.45, 7) is 10.3. The topological polar surface area (TPSA) is 54.2 Å². The van der Waals surface area contributed by atoms with Crippen molar-refractivity contribution >= 4 is 5.96 Å². The van der Waals surface area contributed by atoms with Crippen LogP contribution in [-0.4, -0.2) is 35.9 Å². The molecule has 18 heavy (non-hydrogen) atoms. The Kier molecular flexibility index (Phi) is 5.97. The molecule has 0 spiro atoms. The highest BCUT2D eigenvalue weighted by Crippen LogP contribution is 2.01. The Bertz CT molecular complexity index is 406. The van der Waals surface area contributed by atoms with E-state index in [9.17, 15) is 0 Å². The van der Waals surface area contributed by atoms with E-state index in [0.29, 0.717) is 0 Å². The van der Waals surface area contributed by atoms with E-state index in [1.807, 2.05) is 17.7 Å². The third-order valence-electron chi connectivity index (χ3n) is 2.58. The van der Waals surface area contributed by atoms with Crippen LogP contribution in [-0.2, 0) is 6.54 Å². The van der Waals surface area contributed by atoms with E-state index in [-0.39, 0.29) is 0 Å². The lowest BCUT2D eigenvalue weighted by atomic mass is 10.4. The number of hydrogen-bond donors (Lipinski definition) is 2. The van der Waals surface area contributed by atoms with Gasteiger partial charge < -0.3 is 10.6 Å². The molecule has 0 saturated carbocycles. The van der Waals surface area contributed by atoms with Gasteiger partial charge in [0.2, 0.25) is 0 Å². The minimum atomic E-state index is 0.719. The quantitative estimate of drug-likeness (QED) is 0.345. The predicted molar refractivity (Wildman–Crippen MR) is 75.9 cm³/mol. The molecular weight excluding hydrogens is 226 g/mol. The van der Waals surface area contributed by atoms with Gasteiger partial charge in [0.25, 0.3) is 0 Å². The number of aromatic nitrogens is 2. The molecule has 0 bridgehead atoms. The molecule has 0 atom stereocenters. The van der Waals surface area contributed by atoms with E-state index in [0.717, 1.165) is 37.7 Å². The molecule has 0 fully saturated rings. The standard InChI is InChI=1S/C13H23N5/c1-5-7-15-13(14-4)16-8-6-9-18-12(3)10-11(2)17-18/h5,10H,1,6-9H2,2-4H3,(H2,14,15,16). The van der Waals surface area contributed by atoms with Crippen LogP contribution >= 0.6 is 0 Å². The summed E-state index contributed by atoms with van der Waals surface area (Å²) in [5.41, 5.74) is 2.28. The van der Waals surface area contributed by atoms with Gasteiger partial charge in [-0.25, -0.2) is 0 Å². The zero-order valence-electron chi connectivity index (χ0n) is 11.5. The van der Waals surface area contributed by atoms with Gasteiger partial charge in [-0.2, -0.15) is 5.10 Å². The van der Waals surface area contributed by atoms with Crippen molar-refractivity contribution in [3.05, 3.63) is 30.1 Å². The second-order valence-electron chi connectivity index (χ2n) is 4.17. The van der Waals surface area contributed by atoms with Crippen molar-refractivity contribution in [2.75, 3.05) is 20.1 Å². The van der Waals surface area contributed by atoms with Gasteiger partial charge in [0.15, 0.2) is 5.96 Å². The van der Waals surface area contributed by atoms with Crippen LogP contribution in [0.4, 0.5) is 0 Å². The molecule has 1 aromatic rings. The lowest BCUT2D eigenvalue weighted by Gasteiger charge is -2.10. The summed E-state index contributed by atoms with van der Waals surface area (Å²) < 4.78 is 2.04. The molecule has 0 amide bonds. The van der Waals surface area contributed by atoms with E-state index in [4.69, 9.17) is 0 Å². The van der Waals surface area contributed by atoms with Gasteiger partial charge in [-0.15, -0.1) is 6.58 Å². The third-order valence-corrected chi connectivity index (χ3v) is 2.58. The number of hydrogen-bond acceptors (Lipinski definition) is 2. The van der Waals surface area contributed by atoms with Crippen LogP contribution in [0, 0.1) is 13.8 Å². The van der Waals surface area contributed by atoms with Crippen LogP contribution in [0.3, 0.4) is 0 Å². The summed E-state index contributed by atoms with van der Waals surface area (Å²) in [7, 11) is 1.76. The molecule has 1 aromatic heterocycles. The van der Waals surface area contributed by atoms with E-state index < -0.39 is 0 Å². The Morgan fingerprint density at radius 2 is 2.28 bits per heavy atom. The average molecular weight is 249 g/mol. The fourth-order valence-corrected chi connectivity index (χ4v) is 1.73. The Labute approximate surface area is 109 Å². The van der Waals surface area contributed by atoms with Crippen molar-refractivity contribution in [1.82, 2.24) is 20.4 Å². The maximum absolute atomic E-state index is 4.43. The molecule has 1 heterocycles. The first-order valence-electron chi connectivity index (χ1n) is 6.24. The van der Waals surface area contributed by atoms with Crippen LogP contribution in [0.15, 0.2) is 23.7 Å². The largest absolute Gasteiger partial charge is 0.356 e. The van der Waals surface area contributed by atoms with Crippen molar-refractivity contribution in [3.8, 4) is 0 Å². The van der Waals surface area contributed by atoms with Gasteiger partial charge in [-0.05, 0) is 26.3 Å². The summed E-state index contributed by atoms with van der Waals surface area (Å²) in [5.74, 6) is 0.809. The summed E-state index contributed by atoms with van der Waals surface area (Å²) >= 11 is 0. The summed E-state index contributed by atoms with van der Waals surface area (Å²) in [4.78, 5) is 4.12. The highest BCUT2D eigenvalue weighted by atomic mass is 15.3. The Morgan fingerprint density at radius 1 is 1.50 bits per heavy atom. The summed E-state index contributed by atoms with van der Waals surface area (Å²) in [6, 6.07) is 2.10. The van der Waals surface area contributed by atoms with Crippen LogP contribution in [0.2, 0.25) is 0 Å². The fourth-order valence-electron chi connectivity index (χ4n) is 1.73. The predicted octanol–water partition coefficient (Wildman–Crippen LogP) is 1.24. The number of guanidine groups is 1. The minimum absolute atomic E-state index is 0.719. The molecule has 0 saturated heterocycles. The Balaban J connectivity index is 2.25. The molecule has 0 aliphatic heterocycles. The van der Waals surface area contributed by atoms with E-state index in [1.165, 1.54) is 5.69 Å². The molecule has 100 valence electrons. The third kappa shape index (κ3) is 4.61. The van der Waals surface area contributed by atoms with E-state index in [2.05, 4.69) is 40.3 Å². The first kappa shape index (κ1) is 14.3. The van der Waals surface area contributed by atoms with Gasteiger partial charge in [0.05, 0.1) is 5.69 Å². The summed E-state index contributed by atoms with van der Waals surface area (Å²) in [5, 5.41) is 10.8. The number of nitrogens with zero attached hydrogens (tertiary/aromatic N) is 3. The number of rotatable bonds is 6. The van der Waals surface area contributed by atoms with Crippen molar-refractivity contribution in [2.24, 2.45) is 4.99 Å². The average Bonchev–Trinajstić information content (AvgIpc) is 2.67. The van der Waals surface area contributed by atoms with Gasteiger partial charge in [0.1, 0.15) is 0 Å². The van der Waals surface area contributed by atoms with Crippen LogP contribution in [0.1, 0.15) is 17.8 Å². The molecule has 0 aliphatic rings. The number of aliphatic imine (C=N–C) groups is 1. The normalized spacial score (nSPS) is 11.4. The molecule has 0 unspecified atom stereocenters. The second kappa shape index (κ2) is 7.53. The van der Waals surface area contributed by atoms with Gasteiger partial charge >= 0.3 is 0 Å². The highest BCUT2D eigenvalue weighted by molar-refractivity contribution is 5.79. The lowest BCUT2D eigenvalue weighted by molar-refractivity contribution is 0.555. The zero-order chi connectivity index (χ0) is 13.4. The summed E-state index contributed by atoms with van der Waals surface area (Å²) in [6.07, 6.45) is 2.82. The van der Waals surface area contributed by atoms with Crippen molar-refractivity contribution in [2.45, 2.75) is 26.8 Å². The van der Waals surface area contributed by atoms with Gasteiger partial charge in [-0.1, -0.05) is 6.08 Å². The number of nitrogens with one attached hydrogen (secondary N) is 2. The van der Waals surface area contributed by atoms with Crippen LogP contribution in [0.25, 0.3) is 0 Å². The SMILES string of the molecule is C=CCNC(=NC)NCCCn1nc(C)cc1C. The second-order valence-corrected chi connectivity index (χ2v) is 4.17. The molecule has 1 rings (SSSR count). The highest BCUT2D eigenvalue weighted by Gasteiger charge is 2.00. The molecule has 5 heteroatoms. The molecule has 0 aliphatic carbocycles. The van der Waals surface area contributed by atoms with Crippen LogP contribution < -0.4 is 10.6 Å². The molecule has 0 radical (unpaired) electrons. The molecule has 2 N–H and O–H groups in total. The van der Waals surface area contributed by atoms with Gasteiger partial charge in [-0.3, -0.25) is 9.67 Å². The first-order valence-corrected chi connectivity index (χ1v) is 6.24. The minimum Gasteiger partial charge on any atom is -0.356 e. The van der Waals surface area contributed by atoms with Crippen molar-refractivity contribution < 1.29 is 0 Å². The monoisotopic (exact) mass is 249 g/mol. The van der Waals surface area contributed by atoms with Crippen molar-refractivity contribution in [1.29, 1.82) is 0 Å².